The van der Waals surface area contributed by atoms with Gasteiger partial charge >= 0.3 is 0 Å². The zero-order valence-electron chi connectivity index (χ0n) is 13.7. The van der Waals surface area contributed by atoms with Crippen molar-refractivity contribution in [3.05, 3.63) is 35.4 Å². The Kier molecular flexibility index (Phi) is 6.02. The minimum atomic E-state index is 0.0723. The number of benzene rings is 1. The smallest absolute Gasteiger partial charge is 0.234 e. The van der Waals surface area contributed by atoms with Crippen molar-refractivity contribution in [2.24, 2.45) is 5.92 Å². The van der Waals surface area contributed by atoms with Gasteiger partial charge in [0.25, 0.3) is 0 Å². The van der Waals surface area contributed by atoms with Crippen LogP contribution in [0.25, 0.3) is 0 Å². The molecule has 1 amide bonds. The van der Waals surface area contributed by atoms with Crippen molar-refractivity contribution in [2.45, 2.75) is 25.9 Å². The molecule has 3 rings (SSSR count). The molecule has 2 N–H and O–H groups in total. The van der Waals surface area contributed by atoms with Gasteiger partial charge in [-0.2, -0.15) is 0 Å². The lowest BCUT2D eigenvalue weighted by Gasteiger charge is -2.26. The highest BCUT2D eigenvalue weighted by Crippen LogP contribution is 2.27. The average molecular weight is 317 g/mol. The number of rotatable bonds is 8. The second-order valence-corrected chi connectivity index (χ2v) is 6.56. The predicted octanol–water partition coefficient (Wildman–Crippen LogP) is 1.13. The van der Waals surface area contributed by atoms with Crippen molar-refractivity contribution >= 4 is 5.91 Å². The Bertz CT molecular complexity index is 493. The maximum absolute atomic E-state index is 11.8. The lowest BCUT2D eigenvalue weighted by Crippen LogP contribution is -2.35. The third-order valence-corrected chi connectivity index (χ3v) is 4.44. The summed E-state index contributed by atoms with van der Waals surface area (Å²) in [5, 5.41) is 6.18. The number of amides is 1. The Morgan fingerprint density at radius 1 is 1.13 bits per heavy atom. The Balaban J connectivity index is 1.35. The van der Waals surface area contributed by atoms with E-state index in [1.54, 1.807) is 0 Å². The highest BCUT2D eigenvalue weighted by atomic mass is 16.5. The first-order valence-electron chi connectivity index (χ1n) is 8.65. The van der Waals surface area contributed by atoms with Crippen LogP contribution in [0.15, 0.2) is 24.3 Å². The quantitative estimate of drug-likeness (QED) is 0.755. The van der Waals surface area contributed by atoms with Gasteiger partial charge in [0.1, 0.15) is 0 Å². The zero-order chi connectivity index (χ0) is 15.9. The molecule has 0 radical (unpaired) electrons. The molecule has 1 saturated carbocycles. The Labute approximate surface area is 138 Å². The van der Waals surface area contributed by atoms with Gasteiger partial charge in [0, 0.05) is 26.2 Å². The normalized spacial score (nSPS) is 18.8. The van der Waals surface area contributed by atoms with E-state index in [1.807, 2.05) is 0 Å². The van der Waals surface area contributed by atoms with E-state index in [1.165, 1.54) is 18.4 Å². The average Bonchev–Trinajstić information content (AvgIpc) is 3.39. The van der Waals surface area contributed by atoms with E-state index >= 15 is 0 Å². The van der Waals surface area contributed by atoms with Crippen molar-refractivity contribution < 1.29 is 9.53 Å². The fourth-order valence-corrected chi connectivity index (χ4v) is 2.75. The summed E-state index contributed by atoms with van der Waals surface area (Å²) in [4.78, 5) is 14.2. The van der Waals surface area contributed by atoms with E-state index in [-0.39, 0.29) is 5.91 Å². The van der Waals surface area contributed by atoms with E-state index in [0.717, 1.165) is 50.9 Å². The summed E-state index contributed by atoms with van der Waals surface area (Å²) >= 11 is 0. The highest BCUT2D eigenvalue weighted by molar-refractivity contribution is 5.77. The molecule has 1 aliphatic heterocycles. The molecular weight excluding hydrogens is 290 g/mol. The van der Waals surface area contributed by atoms with Crippen LogP contribution >= 0.6 is 0 Å². The van der Waals surface area contributed by atoms with Crippen LogP contribution in [0.2, 0.25) is 0 Å². The first kappa shape index (κ1) is 16.4. The van der Waals surface area contributed by atoms with Crippen LogP contribution < -0.4 is 10.6 Å². The maximum atomic E-state index is 11.8. The molecule has 0 aromatic heterocycles. The zero-order valence-corrected chi connectivity index (χ0v) is 13.7. The third kappa shape index (κ3) is 5.94. The first-order valence-corrected chi connectivity index (χ1v) is 8.65. The van der Waals surface area contributed by atoms with Crippen molar-refractivity contribution in [1.82, 2.24) is 15.5 Å². The molecule has 0 bridgehead atoms. The molecule has 0 atom stereocenters. The maximum Gasteiger partial charge on any atom is 0.234 e. The number of ether oxygens (including phenoxy) is 1. The Morgan fingerprint density at radius 2 is 1.83 bits per heavy atom. The fourth-order valence-electron chi connectivity index (χ4n) is 2.75. The summed E-state index contributed by atoms with van der Waals surface area (Å²) in [5.41, 5.74) is 2.46. The molecule has 1 saturated heterocycles. The highest BCUT2D eigenvalue weighted by Gasteiger charge is 2.20. The minimum absolute atomic E-state index is 0.0723. The van der Waals surface area contributed by atoms with Crippen LogP contribution in [0.5, 0.6) is 0 Å². The van der Waals surface area contributed by atoms with Crippen molar-refractivity contribution in [2.75, 3.05) is 39.4 Å². The molecule has 2 fully saturated rings. The number of hydrogen-bond donors (Lipinski definition) is 2. The molecule has 2 aliphatic rings. The Hall–Kier alpha value is -1.43. The van der Waals surface area contributed by atoms with Gasteiger partial charge in [-0.25, -0.2) is 0 Å². The molecule has 1 aromatic rings. The monoisotopic (exact) mass is 317 g/mol. The summed E-state index contributed by atoms with van der Waals surface area (Å²) < 4.78 is 5.37. The number of hydrogen-bond acceptors (Lipinski definition) is 4. The van der Waals surface area contributed by atoms with Crippen LogP contribution in [0, 0.1) is 5.92 Å². The van der Waals surface area contributed by atoms with Gasteiger partial charge in [0.15, 0.2) is 0 Å². The lowest BCUT2D eigenvalue weighted by atomic mass is 10.1. The van der Waals surface area contributed by atoms with Crippen LogP contribution in [0.1, 0.15) is 24.0 Å². The number of carbonyl (C=O) groups excluding carboxylic acids is 1. The minimum Gasteiger partial charge on any atom is -0.379 e. The van der Waals surface area contributed by atoms with Crippen LogP contribution in [-0.2, 0) is 22.6 Å². The third-order valence-electron chi connectivity index (χ3n) is 4.44. The van der Waals surface area contributed by atoms with Gasteiger partial charge < -0.3 is 15.4 Å². The van der Waals surface area contributed by atoms with Crippen LogP contribution in [0.4, 0.5) is 0 Å². The molecule has 5 nitrogen and oxygen atoms in total. The number of nitrogens with zero attached hydrogens (tertiary/aromatic N) is 1. The summed E-state index contributed by atoms with van der Waals surface area (Å²) in [5.74, 6) is 0.879. The molecule has 1 heterocycles. The molecule has 5 heteroatoms. The van der Waals surface area contributed by atoms with Gasteiger partial charge in [0.05, 0.1) is 19.8 Å². The summed E-state index contributed by atoms with van der Waals surface area (Å²) in [6.07, 6.45) is 2.62. The van der Waals surface area contributed by atoms with Gasteiger partial charge in [0.2, 0.25) is 5.91 Å². The predicted molar refractivity (Wildman–Crippen MR) is 90.0 cm³/mol. The van der Waals surface area contributed by atoms with E-state index < -0.39 is 0 Å². The molecular formula is C18H27N3O2. The van der Waals surface area contributed by atoms with E-state index in [9.17, 15) is 4.79 Å². The number of nitrogens with one attached hydrogen (secondary N) is 2. The van der Waals surface area contributed by atoms with E-state index in [4.69, 9.17) is 4.74 Å². The van der Waals surface area contributed by atoms with Gasteiger partial charge in [-0.3, -0.25) is 9.69 Å². The van der Waals surface area contributed by atoms with Crippen LogP contribution in [0.3, 0.4) is 0 Å². The van der Waals surface area contributed by atoms with Gasteiger partial charge in [-0.1, -0.05) is 24.3 Å². The molecule has 0 spiro atoms. The van der Waals surface area contributed by atoms with Crippen molar-refractivity contribution in [3.63, 3.8) is 0 Å². The summed E-state index contributed by atoms with van der Waals surface area (Å²) in [6, 6.07) is 8.52. The van der Waals surface area contributed by atoms with Crippen molar-refractivity contribution in [1.29, 1.82) is 0 Å². The number of morpholine rings is 1. The molecule has 0 unspecified atom stereocenters. The standard InChI is InChI=1S/C18H27N3O2/c22-18(13-19-11-15-1-2-15)20-12-16-3-5-17(6-4-16)14-21-7-9-23-10-8-21/h3-6,15,19H,1-2,7-14H2,(H,20,22). The molecule has 23 heavy (non-hydrogen) atoms. The van der Waals surface area contributed by atoms with E-state index in [2.05, 4.69) is 39.8 Å². The molecule has 1 aliphatic carbocycles. The molecule has 1 aromatic carbocycles. The first-order chi connectivity index (χ1) is 11.3. The van der Waals surface area contributed by atoms with Crippen molar-refractivity contribution in [3.8, 4) is 0 Å². The van der Waals surface area contributed by atoms with Gasteiger partial charge in [-0.05, 0) is 36.4 Å². The summed E-state index contributed by atoms with van der Waals surface area (Å²) in [7, 11) is 0. The lowest BCUT2D eigenvalue weighted by molar-refractivity contribution is -0.120. The fraction of sp³-hybridized carbons (Fsp3) is 0.611. The summed E-state index contributed by atoms with van der Waals surface area (Å²) in [6.45, 7) is 6.65. The second kappa shape index (κ2) is 8.43. The largest absolute Gasteiger partial charge is 0.379 e. The van der Waals surface area contributed by atoms with E-state index in [0.29, 0.717) is 13.1 Å². The Morgan fingerprint density at radius 3 is 2.52 bits per heavy atom. The van der Waals surface area contributed by atoms with Gasteiger partial charge in [-0.15, -0.1) is 0 Å². The SMILES string of the molecule is O=C(CNCC1CC1)NCc1ccc(CN2CCOCC2)cc1. The topological polar surface area (TPSA) is 53.6 Å². The number of carbonyl (C=O) groups is 1. The molecule has 126 valence electrons. The van der Waals surface area contributed by atoms with Crippen LogP contribution in [-0.4, -0.2) is 50.2 Å². The second-order valence-electron chi connectivity index (χ2n) is 6.56.